The Bertz CT molecular complexity index is 530. The first-order chi connectivity index (χ1) is 9.02. The molecule has 2 rings (SSSR count). The fraction of sp³-hybridized carbons (Fsp3) is 0.615. The molecule has 1 aliphatic heterocycles. The highest BCUT2D eigenvalue weighted by molar-refractivity contribution is 7.91. The maximum Gasteiger partial charge on any atom is 0.151 e. The summed E-state index contributed by atoms with van der Waals surface area (Å²) in [6.07, 6.45) is 2.50. The van der Waals surface area contributed by atoms with Crippen LogP contribution in [-0.2, 0) is 16.4 Å². The largest absolute Gasteiger partial charge is 0.370 e. The van der Waals surface area contributed by atoms with E-state index in [0.717, 1.165) is 30.9 Å². The van der Waals surface area contributed by atoms with E-state index < -0.39 is 9.84 Å². The minimum atomic E-state index is -2.83. The molecule has 1 aromatic heterocycles. The molecule has 0 saturated carbocycles. The molecule has 0 spiro atoms. The third-order valence-electron chi connectivity index (χ3n) is 3.49. The monoisotopic (exact) mass is 283 g/mol. The Morgan fingerprint density at radius 1 is 1.53 bits per heavy atom. The Morgan fingerprint density at radius 3 is 2.95 bits per heavy atom. The second-order valence-electron chi connectivity index (χ2n) is 5.01. The molecule has 1 saturated heterocycles. The molecule has 0 aliphatic carbocycles. The minimum absolute atomic E-state index is 0.125. The van der Waals surface area contributed by atoms with Crippen LogP contribution in [0.3, 0.4) is 0 Å². The van der Waals surface area contributed by atoms with Crippen molar-refractivity contribution in [3.63, 3.8) is 0 Å². The lowest BCUT2D eigenvalue weighted by Gasteiger charge is -2.24. The first-order valence-electron chi connectivity index (χ1n) is 6.60. The van der Waals surface area contributed by atoms with Crippen molar-refractivity contribution in [2.24, 2.45) is 0 Å². The Kier molecular flexibility index (Phi) is 4.42. The van der Waals surface area contributed by atoms with Gasteiger partial charge in [0.05, 0.1) is 11.5 Å². The van der Waals surface area contributed by atoms with Crippen LogP contribution in [0.4, 0.5) is 5.82 Å². The lowest BCUT2D eigenvalue weighted by atomic mass is 10.2. The van der Waals surface area contributed by atoms with E-state index in [2.05, 4.69) is 15.2 Å². The van der Waals surface area contributed by atoms with Gasteiger partial charge in [-0.1, -0.05) is 6.07 Å². The van der Waals surface area contributed by atoms with E-state index in [1.54, 1.807) is 6.20 Å². The maximum atomic E-state index is 11.5. The van der Waals surface area contributed by atoms with Gasteiger partial charge in [0, 0.05) is 30.9 Å². The smallest absolute Gasteiger partial charge is 0.151 e. The summed E-state index contributed by atoms with van der Waals surface area (Å²) in [4.78, 5) is 6.43. The summed E-state index contributed by atoms with van der Waals surface area (Å²) in [5, 5.41) is 3.23. The van der Waals surface area contributed by atoms with Gasteiger partial charge in [0.15, 0.2) is 9.84 Å². The molecule has 0 bridgehead atoms. The van der Waals surface area contributed by atoms with Gasteiger partial charge >= 0.3 is 0 Å². The molecule has 1 unspecified atom stereocenters. The van der Waals surface area contributed by atoms with Crippen molar-refractivity contribution in [1.29, 1.82) is 0 Å². The Hall–Kier alpha value is -1.14. The van der Waals surface area contributed by atoms with Gasteiger partial charge in [-0.2, -0.15) is 0 Å². The lowest BCUT2D eigenvalue weighted by molar-refractivity contribution is 0.254. The SMILES string of the molecule is CCNc1ncccc1CN(C)C1CCS(=O)(=O)C1. The molecular formula is C13H21N3O2S. The third kappa shape index (κ3) is 3.67. The summed E-state index contributed by atoms with van der Waals surface area (Å²) in [7, 11) is -0.846. The van der Waals surface area contributed by atoms with Crippen LogP contribution in [0.15, 0.2) is 18.3 Å². The molecule has 5 nitrogen and oxygen atoms in total. The molecule has 19 heavy (non-hydrogen) atoms. The molecule has 106 valence electrons. The lowest BCUT2D eigenvalue weighted by Crippen LogP contribution is -2.32. The Balaban J connectivity index is 2.05. The van der Waals surface area contributed by atoms with Crippen molar-refractivity contribution in [1.82, 2.24) is 9.88 Å². The molecule has 6 heteroatoms. The number of nitrogens with zero attached hydrogens (tertiary/aromatic N) is 2. The molecule has 0 radical (unpaired) electrons. The summed E-state index contributed by atoms with van der Waals surface area (Å²) in [6, 6.07) is 4.07. The summed E-state index contributed by atoms with van der Waals surface area (Å²) < 4.78 is 23.0. The summed E-state index contributed by atoms with van der Waals surface area (Å²) in [5.74, 6) is 1.48. The number of sulfone groups is 1. The van der Waals surface area contributed by atoms with Gasteiger partial charge in [0.1, 0.15) is 5.82 Å². The highest BCUT2D eigenvalue weighted by atomic mass is 32.2. The standard InChI is InChI=1S/C13H21N3O2S/c1-3-14-13-11(5-4-7-15-13)9-16(2)12-6-8-19(17,18)10-12/h4-5,7,12H,3,6,8-10H2,1-2H3,(H,14,15). The van der Waals surface area contributed by atoms with Crippen molar-refractivity contribution in [2.75, 3.05) is 30.4 Å². The third-order valence-corrected chi connectivity index (χ3v) is 5.24. The topological polar surface area (TPSA) is 62.3 Å². The average molecular weight is 283 g/mol. The van der Waals surface area contributed by atoms with Crippen LogP contribution in [-0.4, -0.2) is 49.4 Å². The number of pyridine rings is 1. The molecular weight excluding hydrogens is 262 g/mol. The molecule has 1 atom stereocenters. The van der Waals surface area contributed by atoms with Crippen LogP contribution >= 0.6 is 0 Å². The molecule has 0 amide bonds. The fourth-order valence-electron chi connectivity index (χ4n) is 2.41. The van der Waals surface area contributed by atoms with Crippen LogP contribution in [0.2, 0.25) is 0 Å². The Morgan fingerprint density at radius 2 is 2.32 bits per heavy atom. The minimum Gasteiger partial charge on any atom is -0.370 e. The van der Waals surface area contributed by atoms with Crippen LogP contribution < -0.4 is 5.32 Å². The van der Waals surface area contributed by atoms with Gasteiger partial charge in [-0.05, 0) is 26.5 Å². The number of anilines is 1. The highest BCUT2D eigenvalue weighted by Crippen LogP contribution is 2.20. The predicted molar refractivity (Wildman–Crippen MR) is 76.9 cm³/mol. The molecule has 0 aromatic carbocycles. The van der Waals surface area contributed by atoms with Crippen LogP contribution in [0, 0.1) is 0 Å². The first kappa shape index (κ1) is 14.3. The van der Waals surface area contributed by atoms with Crippen molar-refractivity contribution < 1.29 is 8.42 Å². The zero-order chi connectivity index (χ0) is 13.9. The zero-order valence-corrected chi connectivity index (χ0v) is 12.3. The van der Waals surface area contributed by atoms with Crippen LogP contribution in [0.5, 0.6) is 0 Å². The highest BCUT2D eigenvalue weighted by Gasteiger charge is 2.30. The quantitative estimate of drug-likeness (QED) is 0.878. The number of rotatable bonds is 5. The number of aromatic nitrogens is 1. The summed E-state index contributed by atoms with van der Waals surface area (Å²) in [5.41, 5.74) is 1.11. The molecule has 1 fully saturated rings. The van der Waals surface area contributed by atoms with Gasteiger partial charge in [-0.15, -0.1) is 0 Å². The predicted octanol–water partition coefficient (Wildman–Crippen LogP) is 1.13. The van der Waals surface area contributed by atoms with E-state index in [1.807, 2.05) is 26.1 Å². The van der Waals surface area contributed by atoms with Crippen molar-refractivity contribution in [3.05, 3.63) is 23.9 Å². The Labute approximate surface area is 114 Å². The second-order valence-corrected chi connectivity index (χ2v) is 7.24. The molecule has 1 aromatic rings. The van der Waals surface area contributed by atoms with Gasteiger partial charge in [0.25, 0.3) is 0 Å². The van der Waals surface area contributed by atoms with Crippen LogP contribution in [0.1, 0.15) is 18.9 Å². The van der Waals surface area contributed by atoms with E-state index in [-0.39, 0.29) is 11.8 Å². The van der Waals surface area contributed by atoms with Gasteiger partial charge in [0.2, 0.25) is 0 Å². The zero-order valence-electron chi connectivity index (χ0n) is 11.5. The normalized spacial score (nSPS) is 21.7. The van der Waals surface area contributed by atoms with E-state index in [9.17, 15) is 8.42 Å². The van der Waals surface area contributed by atoms with E-state index in [0.29, 0.717) is 5.75 Å². The fourth-order valence-corrected chi connectivity index (χ4v) is 4.22. The number of nitrogens with one attached hydrogen (secondary N) is 1. The van der Waals surface area contributed by atoms with Crippen molar-refractivity contribution in [3.8, 4) is 0 Å². The van der Waals surface area contributed by atoms with Gasteiger partial charge < -0.3 is 5.32 Å². The molecule has 1 aliphatic rings. The van der Waals surface area contributed by atoms with Crippen molar-refractivity contribution in [2.45, 2.75) is 25.9 Å². The van der Waals surface area contributed by atoms with E-state index >= 15 is 0 Å². The number of hydrogen-bond donors (Lipinski definition) is 1. The van der Waals surface area contributed by atoms with E-state index in [1.165, 1.54) is 0 Å². The van der Waals surface area contributed by atoms with Gasteiger partial charge in [-0.3, -0.25) is 4.90 Å². The number of hydrogen-bond acceptors (Lipinski definition) is 5. The summed E-state index contributed by atoms with van der Waals surface area (Å²) in [6.45, 7) is 3.58. The first-order valence-corrected chi connectivity index (χ1v) is 8.42. The van der Waals surface area contributed by atoms with E-state index in [4.69, 9.17) is 0 Å². The average Bonchev–Trinajstić information content (AvgIpc) is 2.73. The summed E-state index contributed by atoms with van der Waals surface area (Å²) >= 11 is 0. The maximum absolute atomic E-state index is 11.5. The van der Waals surface area contributed by atoms with Gasteiger partial charge in [-0.25, -0.2) is 13.4 Å². The molecule has 1 N–H and O–H groups in total. The van der Waals surface area contributed by atoms with Crippen LogP contribution in [0.25, 0.3) is 0 Å². The second kappa shape index (κ2) is 5.88. The van der Waals surface area contributed by atoms with Crippen molar-refractivity contribution >= 4 is 15.7 Å². The molecule has 2 heterocycles.